The standard InChI is InChI=1S/C21H25N3O3/c22-20(25)15-24(14-16-7-2-1-3-8-16)18-10-6-9-17(13-18)23-21(26)19-11-4-5-12-27-19/h1-3,6-10,13,19H,4-5,11-12,14-15H2,(H2,22,25)(H,23,26). The van der Waals surface area contributed by atoms with Crippen molar-refractivity contribution in [3.05, 3.63) is 60.2 Å². The molecule has 0 radical (unpaired) electrons. The van der Waals surface area contributed by atoms with Gasteiger partial charge in [0.15, 0.2) is 0 Å². The smallest absolute Gasteiger partial charge is 0.253 e. The highest BCUT2D eigenvalue weighted by molar-refractivity contribution is 5.94. The van der Waals surface area contributed by atoms with Gasteiger partial charge in [-0.3, -0.25) is 9.59 Å². The lowest BCUT2D eigenvalue weighted by molar-refractivity contribution is -0.130. The molecule has 1 aliphatic rings. The number of nitrogens with one attached hydrogen (secondary N) is 1. The minimum atomic E-state index is -0.407. The van der Waals surface area contributed by atoms with Crippen molar-refractivity contribution in [3.63, 3.8) is 0 Å². The molecule has 1 fully saturated rings. The summed E-state index contributed by atoms with van der Waals surface area (Å²) in [5, 5.41) is 2.92. The monoisotopic (exact) mass is 367 g/mol. The second kappa shape index (κ2) is 9.19. The molecule has 1 saturated heterocycles. The van der Waals surface area contributed by atoms with E-state index < -0.39 is 12.0 Å². The lowest BCUT2D eigenvalue weighted by atomic mass is 10.1. The Bertz CT molecular complexity index is 773. The Labute approximate surface area is 159 Å². The number of nitrogens with zero attached hydrogens (tertiary/aromatic N) is 1. The molecule has 1 atom stereocenters. The van der Waals surface area contributed by atoms with Crippen LogP contribution in [-0.2, 0) is 20.9 Å². The van der Waals surface area contributed by atoms with Crippen molar-refractivity contribution in [2.75, 3.05) is 23.4 Å². The van der Waals surface area contributed by atoms with Crippen LogP contribution in [0.1, 0.15) is 24.8 Å². The molecule has 142 valence electrons. The predicted octanol–water partition coefficient (Wildman–Crippen LogP) is 2.69. The number of nitrogens with two attached hydrogens (primary N) is 1. The van der Waals surface area contributed by atoms with Gasteiger partial charge >= 0.3 is 0 Å². The quantitative estimate of drug-likeness (QED) is 0.788. The van der Waals surface area contributed by atoms with E-state index in [1.807, 2.05) is 59.5 Å². The molecule has 1 heterocycles. The summed E-state index contributed by atoms with van der Waals surface area (Å²) in [5.74, 6) is -0.535. The summed E-state index contributed by atoms with van der Waals surface area (Å²) in [6, 6.07) is 17.3. The van der Waals surface area contributed by atoms with E-state index in [-0.39, 0.29) is 12.5 Å². The van der Waals surface area contributed by atoms with Crippen molar-refractivity contribution in [3.8, 4) is 0 Å². The van der Waals surface area contributed by atoms with Gasteiger partial charge in [0.05, 0.1) is 6.54 Å². The highest BCUT2D eigenvalue weighted by Crippen LogP contribution is 2.22. The van der Waals surface area contributed by atoms with Crippen LogP contribution in [0.2, 0.25) is 0 Å². The molecule has 3 N–H and O–H groups in total. The number of amides is 2. The first-order valence-corrected chi connectivity index (χ1v) is 9.21. The van der Waals surface area contributed by atoms with E-state index in [1.54, 1.807) is 0 Å². The largest absolute Gasteiger partial charge is 0.368 e. The van der Waals surface area contributed by atoms with E-state index in [1.165, 1.54) is 0 Å². The number of carbonyl (C=O) groups excluding carboxylic acids is 2. The minimum absolute atomic E-state index is 0.0953. The highest BCUT2D eigenvalue weighted by Gasteiger charge is 2.22. The van der Waals surface area contributed by atoms with Gasteiger partial charge in [-0.1, -0.05) is 36.4 Å². The van der Waals surface area contributed by atoms with E-state index in [2.05, 4.69) is 5.32 Å². The molecule has 2 aromatic carbocycles. The molecule has 2 amide bonds. The third kappa shape index (κ3) is 5.56. The lowest BCUT2D eigenvalue weighted by Gasteiger charge is -2.25. The summed E-state index contributed by atoms with van der Waals surface area (Å²) < 4.78 is 5.54. The molecule has 0 saturated carbocycles. The lowest BCUT2D eigenvalue weighted by Crippen LogP contribution is -2.34. The summed E-state index contributed by atoms with van der Waals surface area (Å²) in [6.07, 6.45) is 2.35. The van der Waals surface area contributed by atoms with Crippen LogP contribution in [0.15, 0.2) is 54.6 Å². The zero-order valence-electron chi connectivity index (χ0n) is 15.3. The van der Waals surface area contributed by atoms with Gasteiger partial charge in [0.25, 0.3) is 5.91 Å². The van der Waals surface area contributed by atoms with Crippen LogP contribution in [-0.4, -0.2) is 31.1 Å². The van der Waals surface area contributed by atoms with Crippen molar-refractivity contribution in [2.24, 2.45) is 5.73 Å². The second-order valence-corrected chi connectivity index (χ2v) is 6.70. The molecular weight excluding hydrogens is 342 g/mol. The van der Waals surface area contributed by atoms with Crippen LogP contribution < -0.4 is 16.0 Å². The number of ether oxygens (including phenoxy) is 1. The average molecular weight is 367 g/mol. The van der Waals surface area contributed by atoms with Crippen LogP contribution in [0.5, 0.6) is 0 Å². The van der Waals surface area contributed by atoms with Crippen LogP contribution in [0.3, 0.4) is 0 Å². The van der Waals surface area contributed by atoms with Gasteiger partial charge in [-0.2, -0.15) is 0 Å². The van der Waals surface area contributed by atoms with Gasteiger partial charge in [-0.15, -0.1) is 0 Å². The molecule has 0 bridgehead atoms. The van der Waals surface area contributed by atoms with Gasteiger partial charge in [0, 0.05) is 24.5 Å². The number of hydrogen-bond donors (Lipinski definition) is 2. The van der Waals surface area contributed by atoms with Crippen molar-refractivity contribution in [1.29, 1.82) is 0 Å². The zero-order chi connectivity index (χ0) is 19.1. The topological polar surface area (TPSA) is 84.7 Å². The van der Waals surface area contributed by atoms with E-state index in [4.69, 9.17) is 10.5 Å². The summed E-state index contributed by atoms with van der Waals surface area (Å²) in [5.41, 5.74) is 8.00. The SMILES string of the molecule is NC(=O)CN(Cc1ccccc1)c1cccc(NC(=O)C2CCCCO2)c1. The Morgan fingerprint density at radius 2 is 1.93 bits per heavy atom. The van der Waals surface area contributed by atoms with Crippen LogP contribution in [0.25, 0.3) is 0 Å². The Kier molecular flexibility index (Phi) is 6.44. The molecule has 1 unspecified atom stereocenters. The van der Waals surface area contributed by atoms with Crippen LogP contribution in [0, 0.1) is 0 Å². The van der Waals surface area contributed by atoms with E-state index in [0.29, 0.717) is 18.8 Å². The van der Waals surface area contributed by atoms with Gasteiger partial charge in [0.2, 0.25) is 5.91 Å². The summed E-state index contributed by atoms with van der Waals surface area (Å²) >= 11 is 0. The normalized spacial score (nSPS) is 16.5. The first-order chi connectivity index (χ1) is 13.1. The minimum Gasteiger partial charge on any atom is -0.368 e. The van der Waals surface area contributed by atoms with Crippen molar-refractivity contribution >= 4 is 23.2 Å². The first-order valence-electron chi connectivity index (χ1n) is 9.21. The number of rotatable bonds is 7. The fourth-order valence-electron chi connectivity index (χ4n) is 3.18. The average Bonchev–Trinajstić information content (AvgIpc) is 2.69. The maximum atomic E-state index is 12.4. The third-order valence-corrected chi connectivity index (χ3v) is 4.51. The number of benzene rings is 2. The summed E-state index contributed by atoms with van der Waals surface area (Å²) in [4.78, 5) is 25.8. The van der Waals surface area contributed by atoms with E-state index in [0.717, 1.165) is 30.5 Å². The molecule has 0 spiro atoms. The van der Waals surface area contributed by atoms with Gasteiger partial charge < -0.3 is 20.7 Å². The van der Waals surface area contributed by atoms with Crippen molar-refractivity contribution in [1.82, 2.24) is 0 Å². The molecule has 0 aromatic heterocycles. The highest BCUT2D eigenvalue weighted by atomic mass is 16.5. The number of carbonyl (C=O) groups is 2. The molecule has 27 heavy (non-hydrogen) atoms. The van der Waals surface area contributed by atoms with E-state index in [9.17, 15) is 9.59 Å². The Morgan fingerprint density at radius 3 is 2.63 bits per heavy atom. The molecule has 3 rings (SSSR count). The van der Waals surface area contributed by atoms with Gasteiger partial charge in [-0.05, 0) is 43.0 Å². The maximum Gasteiger partial charge on any atom is 0.253 e. The molecule has 2 aromatic rings. The molecule has 1 aliphatic heterocycles. The number of anilines is 2. The van der Waals surface area contributed by atoms with Crippen LogP contribution >= 0.6 is 0 Å². The fourth-order valence-corrected chi connectivity index (χ4v) is 3.18. The molecule has 0 aliphatic carbocycles. The van der Waals surface area contributed by atoms with Crippen molar-refractivity contribution in [2.45, 2.75) is 31.9 Å². The van der Waals surface area contributed by atoms with Gasteiger partial charge in [0.1, 0.15) is 6.10 Å². The van der Waals surface area contributed by atoms with Crippen molar-refractivity contribution < 1.29 is 14.3 Å². The fraction of sp³-hybridized carbons (Fsp3) is 0.333. The molecular formula is C21H25N3O3. The molecule has 6 nitrogen and oxygen atoms in total. The second-order valence-electron chi connectivity index (χ2n) is 6.70. The first kappa shape index (κ1) is 18.9. The van der Waals surface area contributed by atoms with E-state index >= 15 is 0 Å². The van der Waals surface area contributed by atoms with Gasteiger partial charge in [-0.25, -0.2) is 0 Å². The molecule has 6 heteroatoms. The Hall–Kier alpha value is -2.86. The number of primary amides is 1. The Balaban J connectivity index is 1.73. The Morgan fingerprint density at radius 1 is 1.11 bits per heavy atom. The number of hydrogen-bond acceptors (Lipinski definition) is 4. The predicted molar refractivity (Wildman–Crippen MR) is 105 cm³/mol. The maximum absolute atomic E-state index is 12.4. The van der Waals surface area contributed by atoms with Crippen LogP contribution in [0.4, 0.5) is 11.4 Å². The third-order valence-electron chi connectivity index (χ3n) is 4.51. The summed E-state index contributed by atoms with van der Waals surface area (Å²) in [7, 11) is 0. The zero-order valence-corrected chi connectivity index (χ0v) is 15.3. The summed E-state index contributed by atoms with van der Waals surface area (Å²) in [6.45, 7) is 1.27.